The van der Waals surface area contributed by atoms with E-state index in [-0.39, 0.29) is 43.3 Å². The van der Waals surface area contributed by atoms with Crippen LogP contribution in [0.1, 0.15) is 138 Å². The number of hydrogen-bond acceptors (Lipinski definition) is 0. The fourth-order valence-electron chi connectivity index (χ4n) is 12.6. The molecule has 0 saturated carbocycles. The topological polar surface area (TPSA) is 0 Å². The average Bonchev–Trinajstić information content (AvgIpc) is 3.18. The van der Waals surface area contributed by atoms with Crippen molar-refractivity contribution in [3.8, 4) is 23.7 Å². The van der Waals surface area contributed by atoms with Gasteiger partial charge in [0.15, 0.2) is 0 Å². The maximum atomic E-state index is 3.89. The first-order valence-electron chi connectivity index (χ1n) is 23.9. The molecule has 9 aliphatic rings. The smallest absolute Gasteiger partial charge is 0.0368 e. The van der Waals surface area contributed by atoms with Crippen LogP contribution in [-0.2, 0) is 0 Å². The van der Waals surface area contributed by atoms with E-state index in [1.165, 1.54) is 111 Å². The molecule has 0 saturated heterocycles. The van der Waals surface area contributed by atoms with E-state index >= 15 is 0 Å². The van der Waals surface area contributed by atoms with Gasteiger partial charge in [-0.1, -0.05) is 196 Å². The monoisotopic (exact) mass is 841 g/mol. The maximum absolute atomic E-state index is 3.89. The minimum Gasteiger partial charge on any atom is -0.101 e. The van der Waals surface area contributed by atoms with Gasteiger partial charge in [-0.2, -0.15) is 0 Å². The second-order valence-corrected chi connectivity index (χ2v) is 24.9. The SMILES string of the molecule is CC#CC1=C2C=C(C(C)(C)C)C=C3C=CC4=CC(C(C)(C)C)=CC(=C1C1=C(C5=C6C=C(C(C)(C)C)C=C7C=CC8=CC(C(C)(C)C)=CC(=C5C#CC)[C@]8(C)[C@]76C)C(C)=C1C)[C@]4(C)[C@]32C. The Morgan fingerprint density at radius 3 is 0.812 bits per heavy atom. The zero-order valence-corrected chi connectivity index (χ0v) is 42.9. The summed E-state index contributed by atoms with van der Waals surface area (Å²) < 4.78 is 0. The Labute approximate surface area is 388 Å². The highest BCUT2D eigenvalue weighted by molar-refractivity contribution is 5.89. The minimum atomic E-state index is -0.338. The van der Waals surface area contributed by atoms with E-state index < -0.39 is 0 Å². The molecule has 0 amide bonds. The largest absolute Gasteiger partial charge is 0.101 e. The zero-order chi connectivity index (χ0) is 46.9. The third-order valence-corrected chi connectivity index (χ3v) is 17.4. The molecule has 0 unspecified atom stereocenters. The molecule has 0 aromatic rings. The predicted octanol–water partition coefficient (Wildman–Crippen LogP) is 16.7. The van der Waals surface area contributed by atoms with Gasteiger partial charge in [-0.3, -0.25) is 0 Å². The first-order valence-corrected chi connectivity index (χ1v) is 23.9. The number of hydrogen-bond donors (Lipinski definition) is 0. The zero-order valence-electron chi connectivity index (χ0n) is 42.9. The molecule has 0 fully saturated rings. The molecule has 0 bridgehead atoms. The van der Waals surface area contributed by atoms with Crippen LogP contribution in [-0.4, -0.2) is 0 Å². The van der Waals surface area contributed by atoms with E-state index in [1.807, 2.05) is 13.8 Å². The van der Waals surface area contributed by atoms with Crippen molar-refractivity contribution in [3.63, 3.8) is 0 Å². The quantitative estimate of drug-likeness (QED) is 0.243. The van der Waals surface area contributed by atoms with E-state index in [0.717, 1.165) is 0 Å². The minimum absolute atomic E-state index is 0.0403. The molecule has 9 rings (SSSR count). The highest BCUT2D eigenvalue weighted by Crippen LogP contribution is 2.73. The summed E-state index contributed by atoms with van der Waals surface area (Å²) >= 11 is 0. The van der Waals surface area contributed by atoms with E-state index in [0.29, 0.717) is 0 Å². The standard InChI is InChI=1S/C64H72/c1-21-23-47-49-33-43(57(5,6)7)29-39-25-27-41-31-45(59(11,12)13)35-51(63(41,19)61(39,49)17)55(47)53-37(3)38(4)54(53)56-48(24-22-2)50-34-44(58(8,9)10)30-40-26-28-42-32-46(60(14,15)16)36-52(56)64(42,20)62(40,50)18/h25-36H,1-20H3/t61-,62-,63-,64-/m1/s1. The summed E-state index contributed by atoms with van der Waals surface area (Å²) in [6.07, 6.45) is 30.0. The third kappa shape index (κ3) is 5.45. The summed E-state index contributed by atoms with van der Waals surface area (Å²) in [7, 11) is 0. The second kappa shape index (κ2) is 13.3. The molecular formula is C64H72. The van der Waals surface area contributed by atoms with Crippen molar-refractivity contribution in [2.45, 2.75) is 138 Å². The van der Waals surface area contributed by atoms with Crippen LogP contribution in [0.4, 0.5) is 0 Å². The molecule has 64 heavy (non-hydrogen) atoms. The van der Waals surface area contributed by atoms with Gasteiger partial charge in [-0.15, -0.1) is 11.8 Å². The van der Waals surface area contributed by atoms with Crippen molar-refractivity contribution in [2.75, 3.05) is 0 Å². The van der Waals surface area contributed by atoms with E-state index in [1.54, 1.807) is 0 Å². The normalized spacial score (nSPS) is 30.4. The lowest BCUT2D eigenvalue weighted by Crippen LogP contribution is -2.50. The molecule has 0 radical (unpaired) electrons. The summed E-state index contributed by atoms with van der Waals surface area (Å²) in [6, 6.07) is 0. The molecular weight excluding hydrogens is 769 g/mol. The predicted molar refractivity (Wildman–Crippen MR) is 274 cm³/mol. The van der Waals surface area contributed by atoms with Gasteiger partial charge in [-0.25, -0.2) is 0 Å². The highest BCUT2D eigenvalue weighted by atomic mass is 14.6. The lowest BCUT2D eigenvalue weighted by molar-refractivity contribution is 0.241. The Balaban J connectivity index is 1.51. The second-order valence-electron chi connectivity index (χ2n) is 24.9. The Bertz CT molecular complexity index is 2790. The molecule has 0 aliphatic heterocycles. The molecule has 0 spiro atoms. The molecule has 0 heterocycles. The van der Waals surface area contributed by atoms with Crippen molar-refractivity contribution in [1.29, 1.82) is 0 Å². The van der Waals surface area contributed by atoms with Gasteiger partial charge >= 0.3 is 0 Å². The number of allylic oxidation sites excluding steroid dienone is 32. The van der Waals surface area contributed by atoms with Gasteiger partial charge < -0.3 is 0 Å². The summed E-state index contributed by atoms with van der Waals surface area (Å²) in [5.74, 6) is 14.8. The molecule has 0 N–H and O–H groups in total. The molecule has 328 valence electrons. The summed E-state index contributed by atoms with van der Waals surface area (Å²) in [4.78, 5) is 0. The molecule has 9 aliphatic carbocycles. The van der Waals surface area contributed by atoms with Crippen molar-refractivity contribution in [3.05, 3.63) is 184 Å². The summed E-state index contributed by atoms with van der Waals surface area (Å²) in [5, 5.41) is 0. The fourth-order valence-corrected chi connectivity index (χ4v) is 12.6. The van der Waals surface area contributed by atoms with Crippen LogP contribution in [0.25, 0.3) is 0 Å². The van der Waals surface area contributed by atoms with Crippen LogP contribution in [0.3, 0.4) is 0 Å². The van der Waals surface area contributed by atoms with E-state index in [9.17, 15) is 0 Å². The molecule has 0 nitrogen and oxygen atoms in total. The fraction of sp³-hybridized carbons (Fsp3) is 0.438. The van der Waals surface area contributed by atoms with Gasteiger partial charge in [0.05, 0.1) is 0 Å². The van der Waals surface area contributed by atoms with Crippen molar-refractivity contribution >= 4 is 0 Å². The van der Waals surface area contributed by atoms with Gasteiger partial charge in [-0.05, 0) is 139 Å². The van der Waals surface area contributed by atoms with Crippen LogP contribution < -0.4 is 0 Å². The molecule has 0 heteroatoms. The average molecular weight is 841 g/mol. The van der Waals surface area contributed by atoms with Crippen LogP contribution in [0.2, 0.25) is 0 Å². The van der Waals surface area contributed by atoms with Crippen LogP contribution in [0.5, 0.6) is 0 Å². The van der Waals surface area contributed by atoms with Gasteiger partial charge in [0, 0.05) is 44.0 Å². The molecule has 4 atom stereocenters. The van der Waals surface area contributed by atoms with Gasteiger partial charge in [0.2, 0.25) is 0 Å². The third-order valence-electron chi connectivity index (χ3n) is 17.4. The van der Waals surface area contributed by atoms with Gasteiger partial charge in [0.25, 0.3) is 0 Å². The van der Waals surface area contributed by atoms with Crippen LogP contribution in [0.15, 0.2) is 184 Å². The van der Waals surface area contributed by atoms with Gasteiger partial charge in [0.1, 0.15) is 0 Å². The Kier molecular flexibility index (Phi) is 9.17. The summed E-state index contributed by atoms with van der Waals surface area (Å²) in [6.45, 7) is 47.2. The maximum Gasteiger partial charge on any atom is 0.0368 e. The molecule has 0 aromatic heterocycles. The first-order chi connectivity index (χ1) is 29.5. The highest BCUT2D eigenvalue weighted by Gasteiger charge is 2.62. The van der Waals surface area contributed by atoms with Crippen molar-refractivity contribution in [2.24, 2.45) is 43.3 Å². The van der Waals surface area contributed by atoms with Crippen LogP contribution in [0, 0.1) is 67.0 Å². The number of rotatable bonds is 2. The lowest BCUT2D eigenvalue weighted by atomic mass is 9.42. The van der Waals surface area contributed by atoms with E-state index in [2.05, 4.69) is 221 Å². The Morgan fingerprint density at radius 2 is 0.578 bits per heavy atom. The van der Waals surface area contributed by atoms with Crippen molar-refractivity contribution in [1.82, 2.24) is 0 Å². The first kappa shape index (κ1) is 44.2. The lowest BCUT2D eigenvalue weighted by Gasteiger charge is -2.60. The molecule has 0 aromatic carbocycles. The van der Waals surface area contributed by atoms with Crippen LogP contribution >= 0.6 is 0 Å². The van der Waals surface area contributed by atoms with E-state index in [4.69, 9.17) is 0 Å². The summed E-state index contributed by atoms with van der Waals surface area (Å²) in [5.41, 5.74) is 25.3. The Morgan fingerprint density at radius 1 is 0.344 bits per heavy atom. The van der Waals surface area contributed by atoms with Crippen molar-refractivity contribution < 1.29 is 0 Å². The Hall–Kier alpha value is -5.04.